The van der Waals surface area contributed by atoms with Crippen molar-refractivity contribution in [2.24, 2.45) is 5.92 Å². The molecule has 1 atom stereocenters. The van der Waals surface area contributed by atoms with E-state index in [1.54, 1.807) is 25.4 Å². The van der Waals surface area contributed by atoms with Crippen LogP contribution in [0.25, 0.3) is 0 Å². The summed E-state index contributed by atoms with van der Waals surface area (Å²) in [7, 11) is 1.56. The lowest BCUT2D eigenvalue weighted by Crippen LogP contribution is -2.44. The number of ether oxygens (including phenoxy) is 1. The number of methoxy groups -OCH3 is 1. The number of carbonyl (C=O) groups is 2. The van der Waals surface area contributed by atoms with Gasteiger partial charge in [0.05, 0.1) is 18.7 Å². The van der Waals surface area contributed by atoms with Gasteiger partial charge in [-0.2, -0.15) is 0 Å². The van der Waals surface area contributed by atoms with Gasteiger partial charge < -0.3 is 14.5 Å². The molecular formula is C20H28N4O3. The Morgan fingerprint density at radius 1 is 1.15 bits per heavy atom. The minimum Gasteiger partial charge on any atom is -0.481 e. The molecule has 3 fully saturated rings. The van der Waals surface area contributed by atoms with Crippen LogP contribution in [0, 0.1) is 5.92 Å². The summed E-state index contributed by atoms with van der Waals surface area (Å²) < 4.78 is 5.05. The van der Waals surface area contributed by atoms with Gasteiger partial charge in [-0.3, -0.25) is 14.5 Å². The number of likely N-dealkylation sites (tertiary alicyclic amines) is 1. The fourth-order valence-electron chi connectivity index (χ4n) is 4.12. The molecule has 27 heavy (non-hydrogen) atoms. The first-order valence-electron chi connectivity index (χ1n) is 9.98. The molecule has 1 aromatic heterocycles. The average molecular weight is 372 g/mol. The number of nitrogens with zero attached hydrogens (tertiary/aromatic N) is 4. The number of rotatable bonds is 5. The van der Waals surface area contributed by atoms with Crippen LogP contribution in [0.5, 0.6) is 5.88 Å². The van der Waals surface area contributed by atoms with Gasteiger partial charge >= 0.3 is 0 Å². The monoisotopic (exact) mass is 372 g/mol. The Kier molecular flexibility index (Phi) is 5.29. The maximum atomic E-state index is 12.8. The van der Waals surface area contributed by atoms with Crippen molar-refractivity contribution >= 4 is 11.8 Å². The molecule has 4 rings (SSSR count). The van der Waals surface area contributed by atoms with E-state index in [0.717, 1.165) is 44.9 Å². The molecule has 3 heterocycles. The molecule has 146 valence electrons. The van der Waals surface area contributed by atoms with Gasteiger partial charge in [0.1, 0.15) is 0 Å². The molecule has 7 heteroatoms. The molecule has 0 unspecified atom stereocenters. The molecule has 1 aliphatic carbocycles. The van der Waals surface area contributed by atoms with Crippen LogP contribution in [-0.2, 0) is 4.79 Å². The molecule has 2 aliphatic heterocycles. The first-order valence-corrected chi connectivity index (χ1v) is 9.98. The summed E-state index contributed by atoms with van der Waals surface area (Å²) in [5.41, 5.74) is 0.580. The van der Waals surface area contributed by atoms with E-state index in [1.165, 1.54) is 12.8 Å². The lowest BCUT2D eigenvalue weighted by molar-refractivity contribution is -0.132. The molecule has 3 aliphatic rings. The summed E-state index contributed by atoms with van der Waals surface area (Å²) >= 11 is 0. The molecule has 1 aromatic rings. The molecule has 0 N–H and O–H groups in total. The van der Waals surface area contributed by atoms with E-state index in [2.05, 4.69) is 14.8 Å². The molecule has 0 bridgehead atoms. The molecule has 1 saturated carbocycles. The molecule has 2 saturated heterocycles. The van der Waals surface area contributed by atoms with E-state index >= 15 is 0 Å². The van der Waals surface area contributed by atoms with E-state index in [1.807, 2.05) is 4.90 Å². The van der Waals surface area contributed by atoms with Gasteiger partial charge in [-0.25, -0.2) is 4.98 Å². The zero-order valence-corrected chi connectivity index (χ0v) is 16.0. The van der Waals surface area contributed by atoms with Gasteiger partial charge in [-0.1, -0.05) is 0 Å². The topological polar surface area (TPSA) is 66.0 Å². The molecule has 0 spiro atoms. The second-order valence-corrected chi connectivity index (χ2v) is 7.80. The van der Waals surface area contributed by atoms with Crippen molar-refractivity contribution in [1.29, 1.82) is 0 Å². The normalized spacial score (nSPS) is 24.2. The Balaban J connectivity index is 1.34. The van der Waals surface area contributed by atoms with Gasteiger partial charge in [0.2, 0.25) is 11.8 Å². The van der Waals surface area contributed by atoms with Crippen LogP contribution in [0.15, 0.2) is 18.3 Å². The molecular weight excluding hydrogens is 344 g/mol. The molecule has 0 aromatic carbocycles. The third-order valence-electron chi connectivity index (χ3n) is 5.90. The van der Waals surface area contributed by atoms with Crippen molar-refractivity contribution in [3.63, 3.8) is 0 Å². The fourth-order valence-corrected chi connectivity index (χ4v) is 4.12. The zero-order valence-electron chi connectivity index (χ0n) is 16.0. The molecule has 2 amide bonds. The maximum Gasteiger partial charge on any atom is 0.255 e. The number of carbonyl (C=O) groups excluding carboxylic acids is 2. The highest BCUT2D eigenvalue weighted by Gasteiger charge is 2.38. The molecule has 7 nitrogen and oxygen atoms in total. The van der Waals surface area contributed by atoms with Gasteiger partial charge in [0.15, 0.2) is 0 Å². The van der Waals surface area contributed by atoms with Crippen molar-refractivity contribution in [2.45, 2.75) is 31.7 Å². The van der Waals surface area contributed by atoms with Crippen LogP contribution in [0.2, 0.25) is 0 Å². The highest BCUT2D eigenvalue weighted by Crippen LogP contribution is 2.31. The summed E-state index contributed by atoms with van der Waals surface area (Å²) in [6.07, 6.45) is 5.93. The Labute approximate surface area is 160 Å². The SMILES string of the molecule is COc1ccc(C(=O)N2CCCN([C@H]3CCN(CC4CC4)C3=O)CC2)cn1. The first-order chi connectivity index (χ1) is 13.2. The van der Waals surface area contributed by atoms with E-state index in [9.17, 15) is 9.59 Å². The van der Waals surface area contributed by atoms with Crippen LogP contribution < -0.4 is 4.74 Å². The third kappa shape index (κ3) is 4.08. The second-order valence-electron chi connectivity index (χ2n) is 7.80. The van der Waals surface area contributed by atoms with Crippen LogP contribution in [0.3, 0.4) is 0 Å². The Hall–Kier alpha value is -2.15. The lowest BCUT2D eigenvalue weighted by Gasteiger charge is -2.26. The van der Waals surface area contributed by atoms with Crippen LogP contribution in [0.4, 0.5) is 0 Å². The summed E-state index contributed by atoms with van der Waals surface area (Å²) in [5.74, 6) is 1.54. The first kappa shape index (κ1) is 18.2. The summed E-state index contributed by atoms with van der Waals surface area (Å²) in [4.78, 5) is 35.9. The standard InChI is InChI=1S/C20H28N4O3/c1-27-18-6-5-16(13-21-18)19(25)23-9-2-8-22(11-12-23)17-7-10-24(20(17)26)14-15-3-4-15/h5-6,13,15,17H,2-4,7-12,14H2,1H3/t17-/m0/s1. The summed E-state index contributed by atoms with van der Waals surface area (Å²) in [5, 5.41) is 0. The van der Waals surface area contributed by atoms with Gasteiger partial charge in [0.25, 0.3) is 5.91 Å². The minimum atomic E-state index is 0.000103. The Morgan fingerprint density at radius 3 is 2.70 bits per heavy atom. The summed E-state index contributed by atoms with van der Waals surface area (Å²) in [6.45, 7) is 4.82. The van der Waals surface area contributed by atoms with Crippen molar-refractivity contribution in [1.82, 2.24) is 19.7 Å². The van der Waals surface area contributed by atoms with Gasteiger partial charge in [-0.15, -0.1) is 0 Å². The largest absolute Gasteiger partial charge is 0.481 e. The number of hydrogen-bond donors (Lipinski definition) is 0. The number of amides is 2. The number of hydrogen-bond acceptors (Lipinski definition) is 5. The Bertz CT molecular complexity index is 689. The van der Waals surface area contributed by atoms with Crippen LogP contribution in [0.1, 0.15) is 36.0 Å². The minimum absolute atomic E-state index is 0.000103. The van der Waals surface area contributed by atoms with E-state index < -0.39 is 0 Å². The quantitative estimate of drug-likeness (QED) is 0.778. The predicted molar refractivity (Wildman–Crippen MR) is 101 cm³/mol. The van der Waals surface area contributed by atoms with Gasteiger partial charge in [0, 0.05) is 51.5 Å². The fraction of sp³-hybridized carbons (Fsp3) is 0.650. The third-order valence-corrected chi connectivity index (χ3v) is 5.90. The van der Waals surface area contributed by atoms with Crippen LogP contribution >= 0.6 is 0 Å². The number of pyridine rings is 1. The lowest BCUT2D eigenvalue weighted by atomic mass is 10.2. The molecule has 0 radical (unpaired) electrons. The Morgan fingerprint density at radius 2 is 2.00 bits per heavy atom. The smallest absolute Gasteiger partial charge is 0.255 e. The highest BCUT2D eigenvalue weighted by atomic mass is 16.5. The summed E-state index contributed by atoms with van der Waals surface area (Å²) in [6, 6.07) is 3.47. The highest BCUT2D eigenvalue weighted by molar-refractivity contribution is 5.94. The van der Waals surface area contributed by atoms with Crippen molar-refractivity contribution in [2.75, 3.05) is 46.4 Å². The maximum absolute atomic E-state index is 12.8. The average Bonchev–Trinajstić information content (AvgIpc) is 3.48. The second kappa shape index (κ2) is 7.84. The van der Waals surface area contributed by atoms with Crippen LogP contribution in [-0.4, -0.2) is 83.9 Å². The van der Waals surface area contributed by atoms with E-state index in [4.69, 9.17) is 4.74 Å². The zero-order chi connectivity index (χ0) is 18.8. The van der Waals surface area contributed by atoms with E-state index in [-0.39, 0.29) is 11.9 Å². The van der Waals surface area contributed by atoms with Crippen molar-refractivity contribution in [3.05, 3.63) is 23.9 Å². The van der Waals surface area contributed by atoms with E-state index in [0.29, 0.717) is 30.4 Å². The van der Waals surface area contributed by atoms with Crippen molar-refractivity contribution in [3.8, 4) is 5.88 Å². The van der Waals surface area contributed by atoms with Crippen molar-refractivity contribution < 1.29 is 14.3 Å². The predicted octanol–water partition coefficient (Wildman–Crippen LogP) is 1.25. The van der Waals surface area contributed by atoms with Gasteiger partial charge in [-0.05, 0) is 37.7 Å². The number of aromatic nitrogens is 1.